The van der Waals surface area contributed by atoms with Crippen LogP contribution in [0.5, 0.6) is 0 Å². The number of benzene rings is 2. The van der Waals surface area contributed by atoms with E-state index in [4.69, 9.17) is 5.73 Å². The van der Waals surface area contributed by atoms with Crippen LogP contribution in [0, 0.1) is 0 Å². The molecule has 3 nitrogen and oxygen atoms in total. The van der Waals surface area contributed by atoms with E-state index in [9.17, 15) is 4.79 Å². The van der Waals surface area contributed by atoms with Crippen LogP contribution < -0.4 is 11.1 Å². The Kier molecular flexibility index (Phi) is 3.10. The van der Waals surface area contributed by atoms with Gasteiger partial charge >= 0.3 is 0 Å². The third-order valence-corrected chi connectivity index (χ3v) is 2.44. The molecule has 2 aromatic rings. The Labute approximate surface area is 100 Å². The second-order valence-corrected chi connectivity index (χ2v) is 3.85. The smallest absolute Gasteiger partial charge is 0.221 e. The molecule has 0 unspecified atom stereocenters. The fourth-order valence-corrected chi connectivity index (χ4v) is 1.72. The summed E-state index contributed by atoms with van der Waals surface area (Å²) >= 11 is 0. The fraction of sp³-hybridized carbons (Fsp3) is 0.0714. The van der Waals surface area contributed by atoms with Gasteiger partial charge in [-0.05, 0) is 17.7 Å². The van der Waals surface area contributed by atoms with E-state index < -0.39 is 0 Å². The molecule has 3 N–H and O–H groups in total. The number of nitrogen functional groups attached to an aromatic ring is 1. The van der Waals surface area contributed by atoms with E-state index in [1.165, 1.54) is 6.92 Å². The minimum atomic E-state index is -0.104. The molecule has 3 heteroatoms. The van der Waals surface area contributed by atoms with Gasteiger partial charge in [0.1, 0.15) is 0 Å². The highest BCUT2D eigenvalue weighted by atomic mass is 16.1. The highest BCUT2D eigenvalue weighted by Gasteiger charge is 2.06. The lowest BCUT2D eigenvalue weighted by Crippen LogP contribution is -2.07. The number of carbonyl (C=O) groups excluding carboxylic acids is 1. The van der Waals surface area contributed by atoms with Crippen molar-refractivity contribution in [3.63, 3.8) is 0 Å². The van der Waals surface area contributed by atoms with Crippen LogP contribution in [0.25, 0.3) is 11.1 Å². The number of nitrogens with one attached hydrogen (secondary N) is 1. The molecule has 0 saturated carbocycles. The lowest BCUT2D eigenvalue weighted by Gasteiger charge is -2.11. The Balaban J connectivity index is 2.50. The number of amides is 1. The maximum absolute atomic E-state index is 11.2. The molecule has 1 amide bonds. The molecule has 0 atom stereocenters. The van der Waals surface area contributed by atoms with Crippen LogP contribution in [-0.4, -0.2) is 5.91 Å². The van der Waals surface area contributed by atoms with Gasteiger partial charge in [-0.1, -0.05) is 36.4 Å². The number of nitrogens with two attached hydrogens (primary N) is 1. The number of anilines is 2. The lowest BCUT2D eigenvalue weighted by molar-refractivity contribution is -0.114. The molecule has 0 fully saturated rings. The van der Waals surface area contributed by atoms with Gasteiger partial charge in [-0.2, -0.15) is 0 Å². The largest absolute Gasteiger partial charge is 0.399 e. The lowest BCUT2D eigenvalue weighted by atomic mass is 10.0. The van der Waals surface area contributed by atoms with Crippen molar-refractivity contribution >= 4 is 17.3 Å². The van der Waals surface area contributed by atoms with Gasteiger partial charge < -0.3 is 11.1 Å². The molecular formula is C14H14N2O. The predicted octanol–water partition coefficient (Wildman–Crippen LogP) is 2.89. The van der Waals surface area contributed by atoms with Gasteiger partial charge in [0.2, 0.25) is 5.91 Å². The summed E-state index contributed by atoms with van der Waals surface area (Å²) in [5, 5.41) is 2.79. The van der Waals surface area contributed by atoms with Gasteiger partial charge in [0, 0.05) is 18.2 Å². The van der Waals surface area contributed by atoms with Crippen LogP contribution in [0.3, 0.4) is 0 Å². The maximum atomic E-state index is 11.2. The van der Waals surface area contributed by atoms with E-state index in [0.29, 0.717) is 5.69 Å². The normalized spacial score (nSPS) is 9.94. The number of carbonyl (C=O) groups is 1. The van der Waals surface area contributed by atoms with Crippen molar-refractivity contribution in [1.29, 1.82) is 0 Å². The van der Waals surface area contributed by atoms with Crippen molar-refractivity contribution in [2.45, 2.75) is 6.92 Å². The fourth-order valence-electron chi connectivity index (χ4n) is 1.72. The van der Waals surface area contributed by atoms with E-state index in [0.717, 1.165) is 16.8 Å². The molecule has 0 radical (unpaired) electrons. The third kappa shape index (κ3) is 2.64. The molecule has 86 valence electrons. The molecule has 0 aliphatic heterocycles. The first-order valence-electron chi connectivity index (χ1n) is 5.39. The second-order valence-electron chi connectivity index (χ2n) is 3.85. The van der Waals surface area contributed by atoms with Crippen LogP contribution in [0.2, 0.25) is 0 Å². The van der Waals surface area contributed by atoms with Gasteiger partial charge in [0.15, 0.2) is 0 Å². The molecule has 0 bridgehead atoms. The van der Waals surface area contributed by atoms with Gasteiger partial charge in [-0.15, -0.1) is 0 Å². The SMILES string of the molecule is CC(=O)Nc1cc(N)ccc1-c1ccccc1. The predicted molar refractivity (Wildman–Crippen MR) is 70.6 cm³/mol. The monoisotopic (exact) mass is 226 g/mol. The molecule has 0 heterocycles. The number of rotatable bonds is 2. The number of hydrogen-bond acceptors (Lipinski definition) is 2. The topological polar surface area (TPSA) is 55.1 Å². The minimum absolute atomic E-state index is 0.104. The Hall–Kier alpha value is -2.29. The van der Waals surface area contributed by atoms with Gasteiger partial charge in [-0.3, -0.25) is 4.79 Å². The summed E-state index contributed by atoms with van der Waals surface area (Å²) in [6, 6.07) is 15.4. The summed E-state index contributed by atoms with van der Waals surface area (Å²) in [6.45, 7) is 1.48. The first kappa shape index (κ1) is 11.2. The Morgan fingerprint density at radius 1 is 1.12 bits per heavy atom. The molecular weight excluding hydrogens is 212 g/mol. The summed E-state index contributed by atoms with van der Waals surface area (Å²) < 4.78 is 0. The van der Waals surface area contributed by atoms with Crippen molar-refractivity contribution in [2.75, 3.05) is 11.1 Å². The average Bonchev–Trinajstić information content (AvgIpc) is 2.29. The zero-order valence-electron chi connectivity index (χ0n) is 9.60. The average molecular weight is 226 g/mol. The zero-order chi connectivity index (χ0) is 12.3. The zero-order valence-corrected chi connectivity index (χ0v) is 9.60. The number of hydrogen-bond donors (Lipinski definition) is 2. The van der Waals surface area contributed by atoms with Gasteiger partial charge in [-0.25, -0.2) is 0 Å². The molecule has 2 rings (SSSR count). The van der Waals surface area contributed by atoms with Crippen LogP contribution in [0.1, 0.15) is 6.92 Å². The summed E-state index contributed by atoms with van der Waals surface area (Å²) in [4.78, 5) is 11.2. The van der Waals surface area contributed by atoms with Crippen LogP contribution in [0.4, 0.5) is 11.4 Å². The molecule has 0 spiro atoms. The quantitative estimate of drug-likeness (QED) is 0.773. The standard InChI is InChI=1S/C14H14N2O/c1-10(17)16-14-9-12(15)7-8-13(14)11-5-3-2-4-6-11/h2-9H,15H2,1H3,(H,16,17). The first-order valence-corrected chi connectivity index (χ1v) is 5.39. The minimum Gasteiger partial charge on any atom is -0.399 e. The van der Waals surface area contributed by atoms with Crippen molar-refractivity contribution in [3.05, 3.63) is 48.5 Å². The van der Waals surface area contributed by atoms with Crippen LogP contribution >= 0.6 is 0 Å². The molecule has 0 aliphatic carbocycles. The summed E-state index contributed by atoms with van der Waals surface area (Å²) in [6.07, 6.45) is 0. The van der Waals surface area contributed by atoms with Gasteiger partial charge in [0.05, 0.1) is 5.69 Å². The Morgan fingerprint density at radius 2 is 1.82 bits per heavy atom. The van der Waals surface area contributed by atoms with E-state index in [1.54, 1.807) is 6.07 Å². The van der Waals surface area contributed by atoms with Crippen LogP contribution in [0.15, 0.2) is 48.5 Å². The van der Waals surface area contributed by atoms with Crippen molar-refractivity contribution in [3.8, 4) is 11.1 Å². The van der Waals surface area contributed by atoms with E-state index in [2.05, 4.69) is 5.32 Å². The van der Waals surface area contributed by atoms with Crippen molar-refractivity contribution in [2.24, 2.45) is 0 Å². The third-order valence-electron chi connectivity index (χ3n) is 2.44. The van der Waals surface area contributed by atoms with E-state index in [1.807, 2.05) is 42.5 Å². The Bertz CT molecular complexity index is 535. The van der Waals surface area contributed by atoms with Crippen molar-refractivity contribution < 1.29 is 4.79 Å². The molecule has 0 aromatic heterocycles. The van der Waals surface area contributed by atoms with Crippen LogP contribution in [-0.2, 0) is 4.79 Å². The van der Waals surface area contributed by atoms with E-state index in [-0.39, 0.29) is 5.91 Å². The summed E-state index contributed by atoms with van der Waals surface area (Å²) in [7, 11) is 0. The molecule has 0 aliphatic rings. The second kappa shape index (κ2) is 4.70. The summed E-state index contributed by atoms with van der Waals surface area (Å²) in [5.74, 6) is -0.104. The summed E-state index contributed by atoms with van der Waals surface area (Å²) in [5.41, 5.74) is 9.12. The van der Waals surface area contributed by atoms with Crippen molar-refractivity contribution in [1.82, 2.24) is 0 Å². The van der Waals surface area contributed by atoms with Gasteiger partial charge in [0.25, 0.3) is 0 Å². The maximum Gasteiger partial charge on any atom is 0.221 e. The Morgan fingerprint density at radius 3 is 2.47 bits per heavy atom. The molecule has 0 saturated heterocycles. The first-order chi connectivity index (χ1) is 8.16. The highest BCUT2D eigenvalue weighted by Crippen LogP contribution is 2.29. The molecule has 2 aromatic carbocycles. The van der Waals surface area contributed by atoms with E-state index >= 15 is 0 Å². The highest BCUT2D eigenvalue weighted by molar-refractivity contribution is 5.94. The molecule has 17 heavy (non-hydrogen) atoms.